The van der Waals surface area contributed by atoms with Crippen LogP contribution in [0.15, 0.2) is 48.5 Å². The van der Waals surface area contributed by atoms with Crippen LogP contribution in [0.25, 0.3) is 0 Å². The molecule has 1 amide bonds. The Morgan fingerprint density at radius 1 is 1.33 bits per heavy atom. The van der Waals surface area contributed by atoms with Gasteiger partial charge in [-0.05, 0) is 37.6 Å². The molecule has 0 aliphatic carbocycles. The van der Waals surface area contributed by atoms with E-state index in [1.54, 1.807) is 0 Å². The molecule has 126 valence electrons. The number of anilines is 2. The monoisotopic (exact) mass is 325 g/mol. The van der Waals surface area contributed by atoms with Crippen LogP contribution in [-0.4, -0.2) is 25.1 Å². The third kappa shape index (κ3) is 3.62. The number of nitrogen functional groups attached to an aromatic ring is 1. The quantitative estimate of drug-likeness (QED) is 0.848. The third-order valence-corrected chi connectivity index (χ3v) is 4.14. The van der Waals surface area contributed by atoms with Gasteiger partial charge in [0.25, 0.3) is 0 Å². The molecule has 3 rings (SSSR count). The summed E-state index contributed by atoms with van der Waals surface area (Å²) in [5.74, 6) is 0.751. The molecule has 0 fully saturated rings. The molecule has 0 radical (unpaired) electrons. The van der Waals surface area contributed by atoms with E-state index in [0.29, 0.717) is 12.2 Å². The van der Waals surface area contributed by atoms with Crippen molar-refractivity contribution in [3.63, 3.8) is 0 Å². The Bertz CT molecular complexity index is 718. The molecule has 0 saturated carbocycles. The number of benzene rings is 2. The van der Waals surface area contributed by atoms with Crippen LogP contribution in [0.2, 0.25) is 0 Å². The van der Waals surface area contributed by atoms with Gasteiger partial charge in [0.15, 0.2) is 0 Å². The standard InChI is InChI=1S/C19H23N3O2/c1-13-11-22(17-10-16(20)8-9-18(17)24-13)12-19(23)21-14(2)15-6-4-3-5-7-15/h3-10,13-14H,11-12,20H2,1-2H3,(H,21,23). The zero-order valence-corrected chi connectivity index (χ0v) is 14.0. The van der Waals surface area contributed by atoms with Gasteiger partial charge < -0.3 is 20.7 Å². The Balaban J connectivity index is 1.69. The van der Waals surface area contributed by atoms with Gasteiger partial charge in [-0.25, -0.2) is 0 Å². The molecular weight excluding hydrogens is 302 g/mol. The van der Waals surface area contributed by atoms with E-state index in [1.807, 2.05) is 67.3 Å². The second-order valence-corrected chi connectivity index (χ2v) is 6.24. The Kier molecular flexibility index (Phi) is 4.60. The maximum Gasteiger partial charge on any atom is 0.239 e. The van der Waals surface area contributed by atoms with E-state index < -0.39 is 0 Å². The molecule has 1 aliphatic heterocycles. The molecule has 0 aromatic heterocycles. The Hall–Kier alpha value is -2.69. The first kappa shape index (κ1) is 16.2. The largest absolute Gasteiger partial charge is 0.487 e. The summed E-state index contributed by atoms with van der Waals surface area (Å²) < 4.78 is 5.82. The van der Waals surface area contributed by atoms with Crippen molar-refractivity contribution in [3.05, 3.63) is 54.1 Å². The van der Waals surface area contributed by atoms with Gasteiger partial charge in [-0.1, -0.05) is 30.3 Å². The molecule has 1 aliphatic rings. The minimum absolute atomic E-state index is 0.0196. The van der Waals surface area contributed by atoms with Crippen molar-refractivity contribution in [2.24, 2.45) is 0 Å². The van der Waals surface area contributed by atoms with E-state index in [9.17, 15) is 4.79 Å². The summed E-state index contributed by atoms with van der Waals surface area (Å²) in [7, 11) is 0. The first-order valence-corrected chi connectivity index (χ1v) is 8.18. The van der Waals surface area contributed by atoms with Crippen molar-refractivity contribution >= 4 is 17.3 Å². The minimum atomic E-state index is -0.0301. The Morgan fingerprint density at radius 2 is 2.08 bits per heavy atom. The number of hydrogen-bond acceptors (Lipinski definition) is 4. The van der Waals surface area contributed by atoms with Gasteiger partial charge >= 0.3 is 0 Å². The molecule has 0 saturated heterocycles. The highest BCUT2D eigenvalue weighted by Crippen LogP contribution is 2.34. The fourth-order valence-electron chi connectivity index (χ4n) is 2.98. The van der Waals surface area contributed by atoms with E-state index in [1.165, 1.54) is 0 Å². The van der Waals surface area contributed by atoms with Gasteiger partial charge in [0, 0.05) is 5.69 Å². The number of carbonyl (C=O) groups is 1. The van der Waals surface area contributed by atoms with E-state index >= 15 is 0 Å². The number of rotatable bonds is 4. The second-order valence-electron chi connectivity index (χ2n) is 6.24. The molecule has 0 bridgehead atoms. The molecule has 2 aromatic rings. The lowest BCUT2D eigenvalue weighted by atomic mass is 10.1. The average Bonchev–Trinajstić information content (AvgIpc) is 2.56. The zero-order chi connectivity index (χ0) is 17.1. The smallest absolute Gasteiger partial charge is 0.239 e. The van der Waals surface area contributed by atoms with Gasteiger partial charge in [-0.15, -0.1) is 0 Å². The lowest BCUT2D eigenvalue weighted by Gasteiger charge is -2.34. The lowest BCUT2D eigenvalue weighted by Crippen LogP contribution is -2.44. The topological polar surface area (TPSA) is 67.6 Å². The Morgan fingerprint density at radius 3 is 2.83 bits per heavy atom. The summed E-state index contributed by atoms with van der Waals surface area (Å²) in [6.07, 6.45) is 0.0282. The molecule has 24 heavy (non-hydrogen) atoms. The maximum atomic E-state index is 12.5. The zero-order valence-electron chi connectivity index (χ0n) is 14.0. The van der Waals surface area contributed by atoms with Gasteiger partial charge in [-0.2, -0.15) is 0 Å². The molecular formula is C19H23N3O2. The van der Waals surface area contributed by atoms with Crippen molar-refractivity contribution < 1.29 is 9.53 Å². The van der Waals surface area contributed by atoms with E-state index in [0.717, 1.165) is 17.0 Å². The molecule has 0 spiro atoms. The number of nitrogens with one attached hydrogen (secondary N) is 1. The summed E-state index contributed by atoms with van der Waals surface area (Å²) in [4.78, 5) is 14.5. The van der Waals surface area contributed by atoms with Gasteiger partial charge in [-0.3, -0.25) is 4.79 Å². The molecule has 3 N–H and O–H groups in total. The van der Waals surface area contributed by atoms with Crippen molar-refractivity contribution in [1.29, 1.82) is 0 Å². The predicted octanol–water partition coefficient (Wildman–Crippen LogP) is 2.73. The van der Waals surface area contributed by atoms with Gasteiger partial charge in [0.1, 0.15) is 11.9 Å². The summed E-state index contributed by atoms with van der Waals surface area (Å²) in [6.45, 7) is 4.92. The highest BCUT2D eigenvalue weighted by atomic mass is 16.5. The van der Waals surface area contributed by atoms with E-state index in [2.05, 4.69) is 5.32 Å². The fraction of sp³-hybridized carbons (Fsp3) is 0.316. The van der Waals surface area contributed by atoms with Crippen molar-refractivity contribution in [2.45, 2.75) is 26.0 Å². The van der Waals surface area contributed by atoms with Crippen molar-refractivity contribution in [1.82, 2.24) is 5.32 Å². The summed E-state index contributed by atoms with van der Waals surface area (Å²) in [6, 6.07) is 15.4. The van der Waals surface area contributed by atoms with E-state index in [-0.39, 0.29) is 24.6 Å². The summed E-state index contributed by atoms with van der Waals surface area (Å²) in [5, 5.41) is 3.05. The number of nitrogens with two attached hydrogens (primary N) is 1. The number of ether oxygens (including phenoxy) is 1. The van der Waals surface area contributed by atoms with Crippen LogP contribution in [0.4, 0.5) is 11.4 Å². The second kappa shape index (κ2) is 6.83. The van der Waals surface area contributed by atoms with Crippen LogP contribution in [0, 0.1) is 0 Å². The van der Waals surface area contributed by atoms with Crippen LogP contribution in [0.5, 0.6) is 5.75 Å². The van der Waals surface area contributed by atoms with Crippen LogP contribution in [0.3, 0.4) is 0 Å². The van der Waals surface area contributed by atoms with Crippen LogP contribution in [-0.2, 0) is 4.79 Å². The third-order valence-electron chi connectivity index (χ3n) is 4.14. The highest BCUT2D eigenvalue weighted by molar-refractivity contribution is 5.83. The average molecular weight is 325 g/mol. The number of amides is 1. The van der Waals surface area contributed by atoms with Gasteiger partial charge in [0.2, 0.25) is 5.91 Å². The lowest BCUT2D eigenvalue weighted by molar-refractivity contribution is -0.120. The molecule has 5 heteroatoms. The molecule has 1 heterocycles. The summed E-state index contributed by atoms with van der Waals surface area (Å²) >= 11 is 0. The number of hydrogen-bond donors (Lipinski definition) is 2. The van der Waals surface area contributed by atoms with Gasteiger partial charge in [0.05, 0.1) is 24.8 Å². The minimum Gasteiger partial charge on any atom is -0.487 e. The van der Waals surface area contributed by atoms with Crippen LogP contribution in [0.1, 0.15) is 25.5 Å². The fourth-order valence-corrected chi connectivity index (χ4v) is 2.98. The number of nitrogens with zero attached hydrogens (tertiary/aromatic N) is 1. The molecule has 5 nitrogen and oxygen atoms in total. The van der Waals surface area contributed by atoms with Crippen molar-refractivity contribution in [3.8, 4) is 5.75 Å². The highest BCUT2D eigenvalue weighted by Gasteiger charge is 2.25. The maximum absolute atomic E-state index is 12.5. The Labute approximate surface area is 142 Å². The molecule has 2 aromatic carbocycles. The van der Waals surface area contributed by atoms with Crippen LogP contribution >= 0.6 is 0 Å². The first-order chi connectivity index (χ1) is 11.5. The van der Waals surface area contributed by atoms with Crippen LogP contribution < -0.4 is 20.7 Å². The molecule has 2 atom stereocenters. The number of fused-ring (bicyclic) bond motifs is 1. The van der Waals surface area contributed by atoms with Crippen molar-refractivity contribution in [2.75, 3.05) is 23.7 Å². The summed E-state index contributed by atoms with van der Waals surface area (Å²) in [5.41, 5.74) is 8.51. The molecule has 2 unspecified atom stereocenters. The predicted molar refractivity (Wildman–Crippen MR) is 96.2 cm³/mol. The first-order valence-electron chi connectivity index (χ1n) is 8.18. The SMILES string of the molecule is CC1CN(CC(=O)NC(C)c2ccccc2)c2cc(N)ccc2O1. The number of carbonyl (C=O) groups excluding carboxylic acids is 1. The van der Waals surface area contributed by atoms with E-state index in [4.69, 9.17) is 10.5 Å². The normalized spacial score (nSPS) is 17.6.